The second-order valence-electron chi connectivity index (χ2n) is 4.63. The van der Waals surface area contributed by atoms with Gasteiger partial charge in [-0.15, -0.1) is 0 Å². The summed E-state index contributed by atoms with van der Waals surface area (Å²) in [6, 6.07) is 0.822. The maximum absolute atomic E-state index is 12.1. The van der Waals surface area contributed by atoms with Crippen LogP contribution in [0.1, 0.15) is 13.3 Å². The van der Waals surface area contributed by atoms with Gasteiger partial charge in [-0.05, 0) is 6.92 Å². The molecule has 0 aliphatic carbocycles. The molecular weight excluding hydrogens is 222 g/mol. The monoisotopic (exact) mass is 243 g/mol. The van der Waals surface area contributed by atoms with Crippen molar-refractivity contribution in [1.29, 1.82) is 0 Å². The van der Waals surface area contributed by atoms with E-state index >= 15 is 0 Å². The number of amides is 1. The first-order valence-electron chi connectivity index (χ1n) is 6.08. The van der Waals surface area contributed by atoms with Crippen molar-refractivity contribution in [3.8, 4) is 0 Å². The van der Waals surface area contributed by atoms with E-state index in [-0.39, 0.29) is 0 Å². The highest BCUT2D eigenvalue weighted by Gasteiger charge is 2.23. The first-order valence-corrected chi connectivity index (χ1v) is 7.23. The van der Waals surface area contributed by atoms with Crippen LogP contribution in [0.2, 0.25) is 0 Å². The molecule has 0 aromatic rings. The largest absolute Gasteiger partial charge is 0.340 e. The Labute approximate surface area is 102 Å². The minimum atomic E-state index is 0.313. The first kappa shape index (κ1) is 12.2. The zero-order valence-electron chi connectivity index (χ0n) is 9.87. The van der Waals surface area contributed by atoms with E-state index < -0.39 is 0 Å². The lowest BCUT2D eigenvalue weighted by Gasteiger charge is -2.33. The molecule has 4 nitrogen and oxygen atoms in total. The Bertz CT molecular complexity index is 243. The third-order valence-corrected chi connectivity index (χ3v) is 4.27. The molecule has 0 bridgehead atoms. The predicted octanol–water partition coefficient (Wildman–Crippen LogP) is -0.0982. The predicted molar refractivity (Wildman–Crippen MR) is 67.8 cm³/mol. The summed E-state index contributed by atoms with van der Waals surface area (Å²) in [5.74, 6) is 2.57. The molecule has 2 saturated heterocycles. The third kappa shape index (κ3) is 3.37. The smallest absolute Gasteiger partial charge is 0.224 e. The molecule has 2 N–H and O–H groups in total. The molecular formula is C11H21N3OS. The van der Waals surface area contributed by atoms with Gasteiger partial charge >= 0.3 is 0 Å². The molecule has 0 spiro atoms. The molecule has 2 unspecified atom stereocenters. The van der Waals surface area contributed by atoms with Crippen molar-refractivity contribution < 1.29 is 4.79 Å². The lowest BCUT2D eigenvalue weighted by Crippen LogP contribution is -2.52. The Balaban J connectivity index is 1.77. The third-order valence-electron chi connectivity index (χ3n) is 3.14. The lowest BCUT2D eigenvalue weighted by molar-refractivity contribution is -0.132. The van der Waals surface area contributed by atoms with Crippen LogP contribution in [-0.4, -0.2) is 60.6 Å². The van der Waals surface area contributed by atoms with Crippen molar-refractivity contribution in [2.24, 2.45) is 0 Å². The Morgan fingerprint density at radius 3 is 3.00 bits per heavy atom. The van der Waals surface area contributed by atoms with Crippen molar-refractivity contribution in [3.05, 3.63) is 0 Å². The van der Waals surface area contributed by atoms with E-state index in [1.165, 1.54) is 5.75 Å². The molecule has 0 saturated carbocycles. The van der Waals surface area contributed by atoms with E-state index in [4.69, 9.17) is 0 Å². The Morgan fingerprint density at radius 1 is 1.44 bits per heavy atom. The molecule has 5 heteroatoms. The van der Waals surface area contributed by atoms with Crippen molar-refractivity contribution in [1.82, 2.24) is 15.5 Å². The van der Waals surface area contributed by atoms with Gasteiger partial charge in [0.05, 0.1) is 0 Å². The summed E-state index contributed by atoms with van der Waals surface area (Å²) in [6.45, 7) is 5.83. The van der Waals surface area contributed by atoms with Crippen LogP contribution in [0.25, 0.3) is 0 Å². The van der Waals surface area contributed by atoms with Crippen LogP contribution in [-0.2, 0) is 4.79 Å². The average Bonchev–Trinajstić information content (AvgIpc) is 2.30. The summed E-state index contributed by atoms with van der Waals surface area (Å²) in [7, 11) is 0. The van der Waals surface area contributed by atoms with Crippen molar-refractivity contribution >= 4 is 17.7 Å². The summed E-state index contributed by atoms with van der Waals surface area (Å²) >= 11 is 1.95. The van der Waals surface area contributed by atoms with Gasteiger partial charge in [0.15, 0.2) is 0 Å². The van der Waals surface area contributed by atoms with E-state index in [1.807, 2.05) is 16.7 Å². The fourth-order valence-electron chi connectivity index (χ4n) is 2.25. The van der Waals surface area contributed by atoms with Crippen molar-refractivity contribution in [2.75, 3.05) is 37.7 Å². The van der Waals surface area contributed by atoms with Crippen LogP contribution >= 0.6 is 11.8 Å². The number of carbonyl (C=O) groups excluding carboxylic acids is 1. The molecule has 2 aliphatic rings. The summed E-state index contributed by atoms with van der Waals surface area (Å²) in [5.41, 5.74) is 0. The van der Waals surface area contributed by atoms with E-state index in [1.54, 1.807) is 0 Å². The molecule has 92 valence electrons. The van der Waals surface area contributed by atoms with E-state index in [0.29, 0.717) is 24.4 Å². The molecule has 2 fully saturated rings. The minimum absolute atomic E-state index is 0.313. The van der Waals surface area contributed by atoms with Gasteiger partial charge in [-0.2, -0.15) is 11.8 Å². The highest BCUT2D eigenvalue weighted by molar-refractivity contribution is 7.99. The van der Waals surface area contributed by atoms with Crippen LogP contribution in [0, 0.1) is 0 Å². The Morgan fingerprint density at radius 2 is 2.31 bits per heavy atom. The SMILES string of the molecule is CC1CN(C(=O)CC2CSCCN2)CCN1. The van der Waals surface area contributed by atoms with E-state index in [2.05, 4.69) is 17.6 Å². The average molecular weight is 243 g/mol. The fraction of sp³-hybridized carbons (Fsp3) is 0.909. The second-order valence-corrected chi connectivity index (χ2v) is 5.77. The highest BCUT2D eigenvalue weighted by atomic mass is 32.2. The van der Waals surface area contributed by atoms with Crippen molar-refractivity contribution in [3.63, 3.8) is 0 Å². The number of nitrogens with one attached hydrogen (secondary N) is 2. The number of hydrogen-bond donors (Lipinski definition) is 2. The van der Waals surface area contributed by atoms with Crippen LogP contribution in [0.4, 0.5) is 0 Å². The number of nitrogens with zero attached hydrogens (tertiary/aromatic N) is 1. The van der Waals surface area contributed by atoms with E-state index in [0.717, 1.165) is 31.9 Å². The fourth-order valence-corrected chi connectivity index (χ4v) is 3.20. The summed E-state index contributed by atoms with van der Waals surface area (Å²) in [4.78, 5) is 14.1. The zero-order valence-corrected chi connectivity index (χ0v) is 10.7. The minimum Gasteiger partial charge on any atom is -0.340 e. The lowest BCUT2D eigenvalue weighted by atomic mass is 10.1. The number of carbonyl (C=O) groups is 1. The van der Waals surface area contributed by atoms with Crippen LogP contribution in [0.3, 0.4) is 0 Å². The van der Waals surface area contributed by atoms with Gasteiger partial charge in [0, 0.05) is 56.2 Å². The molecule has 2 atom stereocenters. The standard InChI is InChI=1S/C11H21N3OS/c1-9-7-14(4-2-12-9)11(15)6-10-8-16-5-3-13-10/h9-10,12-13H,2-8H2,1H3. The number of rotatable bonds is 2. The number of thioether (sulfide) groups is 1. The van der Waals surface area contributed by atoms with Gasteiger partial charge in [0.1, 0.15) is 0 Å². The van der Waals surface area contributed by atoms with Crippen LogP contribution < -0.4 is 10.6 Å². The molecule has 2 heterocycles. The Kier molecular flexibility index (Phi) is 4.49. The summed E-state index contributed by atoms with van der Waals surface area (Å²) in [6.07, 6.45) is 0.666. The van der Waals surface area contributed by atoms with Crippen LogP contribution in [0.15, 0.2) is 0 Å². The van der Waals surface area contributed by atoms with Gasteiger partial charge in [-0.25, -0.2) is 0 Å². The normalized spacial score (nSPS) is 31.4. The molecule has 0 radical (unpaired) electrons. The number of hydrogen-bond acceptors (Lipinski definition) is 4. The van der Waals surface area contributed by atoms with Crippen LogP contribution in [0.5, 0.6) is 0 Å². The van der Waals surface area contributed by atoms with Gasteiger partial charge in [-0.3, -0.25) is 4.79 Å². The Hall–Kier alpha value is -0.260. The van der Waals surface area contributed by atoms with Gasteiger partial charge < -0.3 is 15.5 Å². The van der Waals surface area contributed by atoms with Gasteiger partial charge in [0.2, 0.25) is 5.91 Å². The molecule has 0 aromatic carbocycles. The quantitative estimate of drug-likeness (QED) is 0.711. The molecule has 1 amide bonds. The van der Waals surface area contributed by atoms with Gasteiger partial charge in [-0.1, -0.05) is 0 Å². The number of piperazine rings is 1. The molecule has 0 aromatic heterocycles. The highest BCUT2D eigenvalue weighted by Crippen LogP contribution is 2.12. The maximum Gasteiger partial charge on any atom is 0.224 e. The zero-order chi connectivity index (χ0) is 11.4. The first-order chi connectivity index (χ1) is 7.75. The summed E-state index contributed by atoms with van der Waals surface area (Å²) < 4.78 is 0. The molecule has 2 rings (SSSR count). The summed E-state index contributed by atoms with van der Waals surface area (Å²) in [5, 5.41) is 6.77. The topological polar surface area (TPSA) is 44.4 Å². The second kappa shape index (κ2) is 5.89. The molecule has 2 aliphatic heterocycles. The molecule has 16 heavy (non-hydrogen) atoms. The maximum atomic E-state index is 12.1. The van der Waals surface area contributed by atoms with Gasteiger partial charge in [0.25, 0.3) is 0 Å². The van der Waals surface area contributed by atoms with E-state index in [9.17, 15) is 4.79 Å². The van der Waals surface area contributed by atoms with Crippen molar-refractivity contribution in [2.45, 2.75) is 25.4 Å².